The van der Waals surface area contributed by atoms with Crippen molar-refractivity contribution < 1.29 is 62.1 Å². The average Bonchev–Trinajstić information content (AvgIpc) is 1.21. The number of ether oxygens (including phenoxy) is 10. The van der Waals surface area contributed by atoms with Crippen molar-refractivity contribution in [1.82, 2.24) is 38.9 Å². The van der Waals surface area contributed by atoms with E-state index in [1.165, 1.54) is 23.3 Å². The molecular formula is C67H100N12O14. The second kappa shape index (κ2) is 36.9. The summed E-state index contributed by atoms with van der Waals surface area (Å²) in [5.41, 5.74) is 5.31. The summed E-state index contributed by atoms with van der Waals surface area (Å²) < 4.78 is 59.9. The number of aromatic nitrogens is 6. The molecule has 0 radical (unpaired) electrons. The summed E-state index contributed by atoms with van der Waals surface area (Å²) in [6.45, 7) is 21.5. The molecule has 7 heterocycles. The zero-order valence-corrected chi connectivity index (χ0v) is 55.4. The van der Waals surface area contributed by atoms with Crippen LogP contribution >= 0.6 is 0 Å². The summed E-state index contributed by atoms with van der Waals surface area (Å²) in [6.07, 6.45) is 13.2. The number of aliphatic hydroxyl groups excluding tert-OH is 1. The Balaban J connectivity index is 0.547. The van der Waals surface area contributed by atoms with E-state index in [0.717, 1.165) is 91.6 Å². The Morgan fingerprint density at radius 1 is 0.731 bits per heavy atom. The van der Waals surface area contributed by atoms with Crippen molar-refractivity contribution in [3.8, 4) is 0 Å². The molecular weight excluding hydrogens is 1200 g/mol. The summed E-state index contributed by atoms with van der Waals surface area (Å²) >= 11 is 0. The fourth-order valence-corrected chi connectivity index (χ4v) is 11.6. The Morgan fingerprint density at radius 3 is 1.95 bits per heavy atom. The van der Waals surface area contributed by atoms with Crippen molar-refractivity contribution in [3.63, 3.8) is 0 Å². The predicted molar refractivity (Wildman–Crippen MR) is 351 cm³/mol. The number of rotatable bonds is 41. The molecule has 512 valence electrons. The van der Waals surface area contributed by atoms with Gasteiger partial charge in [0.25, 0.3) is 5.56 Å². The molecule has 26 nitrogen and oxygen atoms in total. The molecule has 2 saturated heterocycles. The summed E-state index contributed by atoms with van der Waals surface area (Å²) in [6, 6.07) is 14.7. The van der Waals surface area contributed by atoms with Gasteiger partial charge in [-0.15, -0.1) is 0 Å². The van der Waals surface area contributed by atoms with Crippen molar-refractivity contribution >= 4 is 41.2 Å². The van der Waals surface area contributed by atoms with E-state index in [4.69, 9.17) is 57.3 Å². The Bertz CT molecular complexity index is 3120. The third kappa shape index (κ3) is 22.3. The molecule has 4 aromatic heterocycles. The van der Waals surface area contributed by atoms with Crippen LogP contribution in [-0.4, -0.2) is 219 Å². The van der Waals surface area contributed by atoms with Crippen LogP contribution in [-0.2, 0) is 73.5 Å². The van der Waals surface area contributed by atoms with E-state index < -0.39 is 11.7 Å². The van der Waals surface area contributed by atoms with Crippen LogP contribution in [0, 0.1) is 5.92 Å². The number of hydrogen-bond acceptors (Lipinski definition) is 22. The summed E-state index contributed by atoms with van der Waals surface area (Å²) in [5.74, 6) is 3.36. The first-order chi connectivity index (χ1) is 45.3. The monoisotopic (exact) mass is 1300 g/mol. The minimum Gasteiger partial charge on any atom is -0.444 e. The highest BCUT2D eigenvalue weighted by Gasteiger charge is 2.34. The predicted octanol–water partition coefficient (Wildman–Crippen LogP) is 7.45. The van der Waals surface area contributed by atoms with E-state index in [9.17, 15) is 19.5 Å². The number of cyclic esters (lactones) is 1. The van der Waals surface area contributed by atoms with Crippen LogP contribution in [0.2, 0.25) is 0 Å². The van der Waals surface area contributed by atoms with Crippen molar-refractivity contribution in [3.05, 3.63) is 99.2 Å². The van der Waals surface area contributed by atoms with Gasteiger partial charge in [-0.3, -0.25) is 14.6 Å². The fourth-order valence-electron chi connectivity index (χ4n) is 11.6. The SMILES string of the molecule is CCc1cnn2c(NCc3ccc(=O)n(CCOCCOCCOCCOCCOCCOCCOCCOCCN4C(=O)OCc5cnc(N[C@@H](C)c6ccc([C@H](CC7CC7)N7CCN(C(=O)OC(C)(C)C)CC7)cc6)nc54)c3)cc(N3CCCC[C@H]3CCO)nc12. The molecule has 0 spiro atoms. The maximum absolute atomic E-state index is 12.9. The van der Waals surface area contributed by atoms with Crippen molar-refractivity contribution in [2.75, 3.05) is 172 Å². The van der Waals surface area contributed by atoms with Crippen LogP contribution in [0.15, 0.2) is 65.8 Å². The second-order valence-corrected chi connectivity index (χ2v) is 24.9. The molecule has 3 atom stereocenters. The Morgan fingerprint density at radius 2 is 1.34 bits per heavy atom. The van der Waals surface area contributed by atoms with Crippen molar-refractivity contribution in [2.24, 2.45) is 5.92 Å². The second-order valence-electron chi connectivity index (χ2n) is 24.9. The van der Waals surface area contributed by atoms with Gasteiger partial charge >= 0.3 is 12.2 Å². The van der Waals surface area contributed by atoms with Gasteiger partial charge in [-0.1, -0.05) is 50.1 Å². The average molecular weight is 1300 g/mol. The number of carbonyl (C=O) groups is 2. The van der Waals surface area contributed by atoms with Gasteiger partial charge in [-0.2, -0.15) is 14.6 Å². The molecule has 9 rings (SSSR count). The van der Waals surface area contributed by atoms with Gasteiger partial charge in [0.1, 0.15) is 29.7 Å². The summed E-state index contributed by atoms with van der Waals surface area (Å²) in [5, 5.41) is 21.4. The molecule has 4 aliphatic rings. The Labute approximate surface area is 546 Å². The van der Waals surface area contributed by atoms with Gasteiger partial charge in [0.2, 0.25) is 5.95 Å². The number of fused-ring (bicyclic) bond motifs is 2. The molecule has 93 heavy (non-hydrogen) atoms. The number of benzene rings is 1. The molecule has 2 amide bonds. The van der Waals surface area contributed by atoms with Gasteiger partial charge in [-0.05, 0) is 88.8 Å². The molecule has 26 heteroatoms. The minimum atomic E-state index is -0.514. The first-order valence-corrected chi connectivity index (χ1v) is 33.5. The van der Waals surface area contributed by atoms with Gasteiger partial charge in [0.05, 0.1) is 130 Å². The number of carbonyl (C=O) groups excluding carboxylic acids is 2. The van der Waals surface area contributed by atoms with Crippen LogP contribution in [0.4, 0.5) is 33.0 Å². The Kier molecular flexibility index (Phi) is 28.1. The third-order valence-corrected chi connectivity index (χ3v) is 16.9. The highest BCUT2D eigenvalue weighted by atomic mass is 16.6. The maximum atomic E-state index is 12.9. The lowest BCUT2D eigenvalue weighted by Gasteiger charge is -2.40. The quantitative estimate of drug-likeness (QED) is 0.0321. The van der Waals surface area contributed by atoms with Crippen LogP contribution in [0.25, 0.3) is 5.65 Å². The van der Waals surface area contributed by atoms with E-state index in [1.54, 1.807) is 16.8 Å². The van der Waals surface area contributed by atoms with Crippen molar-refractivity contribution in [2.45, 2.75) is 129 Å². The van der Waals surface area contributed by atoms with Gasteiger partial charge in [-0.25, -0.2) is 19.6 Å². The number of piperazine rings is 1. The number of aliphatic hydroxyl groups is 1. The van der Waals surface area contributed by atoms with Gasteiger partial charge in [0, 0.05) is 94.6 Å². The molecule has 1 aromatic carbocycles. The fraction of sp³-hybridized carbons (Fsp3) is 0.657. The molecule has 3 N–H and O–H groups in total. The number of aryl methyl sites for hydroxylation is 1. The van der Waals surface area contributed by atoms with E-state index in [0.29, 0.717) is 149 Å². The first kappa shape index (κ1) is 70.7. The number of hydrogen-bond donors (Lipinski definition) is 3. The van der Waals surface area contributed by atoms with Crippen LogP contribution in [0.1, 0.15) is 119 Å². The van der Waals surface area contributed by atoms with Crippen LogP contribution in [0.3, 0.4) is 0 Å². The number of pyridine rings is 1. The standard InChI is InChI=1S/C67H100N12O14/c1-6-53-47-70-79-59(44-60(72-63(53)79)77-19-8-7-9-57(77)18-26-80)68-45-52-12-17-61(81)76(48-52)24-27-84-29-31-86-33-35-88-37-39-90-41-42-91-40-38-89-36-34-87-32-30-85-28-25-78-62-56(49-92-66(78)83)46-69-64(73-62)71-50(2)54-13-15-55(16-14-54)58(43-51-10-11-51)74-20-22-75(23-21-74)65(82)93-67(3,4)5/h12-17,44,46-48,50-51,57-58,68,80H,6-11,18-43,45,49H2,1-5H3,(H,69,71,73)/t50-,57-,58-/m0/s1. The number of anilines is 4. The lowest BCUT2D eigenvalue weighted by Crippen LogP contribution is -2.50. The first-order valence-electron chi connectivity index (χ1n) is 33.5. The number of amides is 2. The molecule has 3 fully saturated rings. The molecule has 0 unspecified atom stereocenters. The van der Waals surface area contributed by atoms with Gasteiger partial charge in [0.15, 0.2) is 5.65 Å². The van der Waals surface area contributed by atoms with E-state index in [2.05, 4.69) is 68.6 Å². The molecule has 0 bridgehead atoms. The molecule has 3 aliphatic heterocycles. The zero-order chi connectivity index (χ0) is 65.2. The molecule has 1 saturated carbocycles. The van der Waals surface area contributed by atoms with Crippen LogP contribution in [0.5, 0.6) is 0 Å². The third-order valence-electron chi connectivity index (χ3n) is 16.9. The molecule has 1 aliphatic carbocycles. The minimum absolute atomic E-state index is 0.0964. The van der Waals surface area contributed by atoms with E-state index in [-0.39, 0.29) is 56.1 Å². The summed E-state index contributed by atoms with van der Waals surface area (Å²) in [7, 11) is 0. The van der Waals surface area contributed by atoms with E-state index in [1.807, 2.05) is 54.7 Å². The number of nitrogens with zero attached hydrogens (tertiary/aromatic N) is 10. The van der Waals surface area contributed by atoms with Crippen molar-refractivity contribution in [1.29, 1.82) is 0 Å². The maximum Gasteiger partial charge on any atom is 0.415 e. The number of nitrogens with one attached hydrogen (secondary N) is 2. The smallest absolute Gasteiger partial charge is 0.415 e. The zero-order valence-electron chi connectivity index (χ0n) is 55.4. The normalized spacial score (nSPS) is 17.0. The highest BCUT2D eigenvalue weighted by molar-refractivity contribution is 5.89. The van der Waals surface area contributed by atoms with Gasteiger partial charge < -0.3 is 77.5 Å². The van der Waals surface area contributed by atoms with E-state index >= 15 is 0 Å². The van der Waals surface area contributed by atoms with Crippen LogP contribution < -0.4 is 26.0 Å². The number of piperidine rings is 1. The lowest BCUT2D eigenvalue weighted by molar-refractivity contribution is -0.0231. The summed E-state index contributed by atoms with van der Waals surface area (Å²) in [4.78, 5) is 60.9. The highest BCUT2D eigenvalue weighted by Crippen LogP contribution is 2.41. The Hall–Kier alpha value is -6.59. The largest absolute Gasteiger partial charge is 0.444 e. The molecule has 5 aromatic rings. The lowest BCUT2D eigenvalue weighted by atomic mass is 9.96. The topological polar surface area (TPSA) is 262 Å².